The number of benzene rings is 1. The quantitative estimate of drug-likeness (QED) is 0.705. The second-order valence-corrected chi connectivity index (χ2v) is 7.15. The lowest BCUT2D eigenvalue weighted by Crippen LogP contribution is -2.23. The largest absolute Gasteiger partial charge is 0.493 e. The van der Waals surface area contributed by atoms with Crippen LogP contribution >= 0.6 is 22.7 Å². The number of nitrogens with one attached hydrogen (secondary N) is 1. The standard InChI is InChI=1S/C18H18N2O2S2/c1-3-22-14-8-5-4-7-13(14)17(21)19-11-16-12(2)20-18(24-16)15-9-6-10-23-15/h4-10H,3,11H2,1-2H3,(H,19,21). The first kappa shape index (κ1) is 16.7. The molecule has 0 radical (unpaired) electrons. The fourth-order valence-corrected chi connectivity index (χ4v) is 4.09. The SMILES string of the molecule is CCOc1ccccc1C(=O)NCc1sc(-c2cccs2)nc1C. The highest BCUT2D eigenvalue weighted by Crippen LogP contribution is 2.31. The number of para-hydroxylation sites is 1. The van der Waals surface area contributed by atoms with Crippen molar-refractivity contribution in [3.05, 3.63) is 57.9 Å². The van der Waals surface area contributed by atoms with Crippen LogP contribution in [0.3, 0.4) is 0 Å². The Hall–Kier alpha value is -2.18. The van der Waals surface area contributed by atoms with Gasteiger partial charge in [-0.25, -0.2) is 4.98 Å². The van der Waals surface area contributed by atoms with Crippen molar-refractivity contribution in [1.29, 1.82) is 0 Å². The van der Waals surface area contributed by atoms with Gasteiger partial charge in [0.05, 0.1) is 29.3 Å². The van der Waals surface area contributed by atoms with Gasteiger partial charge < -0.3 is 10.1 Å². The third-order valence-electron chi connectivity index (χ3n) is 3.47. The number of hydrogen-bond donors (Lipinski definition) is 1. The number of hydrogen-bond acceptors (Lipinski definition) is 5. The summed E-state index contributed by atoms with van der Waals surface area (Å²) in [7, 11) is 0. The fourth-order valence-electron chi connectivity index (χ4n) is 2.29. The zero-order chi connectivity index (χ0) is 16.9. The van der Waals surface area contributed by atoms with Crippen LogP contribution in [-0.4, -0.2) is 17.5 Å². The van der Waals surface area contributed by atoms with Crippen molar-refractivity contribution in [3.63, 3.8) is 0 Å². The van der Waals surface area contributed by atoms with Crippen molar-refractivity contribution >= 4 is 28.6 Å². The molecule has 0 spiro atoms. The van der Waals surface area contributed by atoms with Gasteiger partial charge in [-0.2, -0.15) is 0 Å². The van der Waals surface area contributed by atoms with Crippen LogP contribution in [0.4, 0.5) is 0 Å². The van der Waals surface area contributed by atoms with E-state index in [0.717, 1.165) is 20.5 Å². The lowest BCUT2D eigenvalue weighted by molar-refractivity contribution is 0.0947. The summed E-state index contributed by atoms with van der Waals surface area (Å²) in [5.41, 5.74) is 1.52. The van der Waals surface area contributed by atoms with E-state index in [4.69, 9.17) is 4.74 Å². The van der Waals surface area contributed by atoms with Crippen molar-refractivity contribution in [2.45, 2.75) is 20.4 Å². The Kier molecular flexibility index (Phi) is 5.27. The summed E-state index contributed by atoms with van der Waals surface area (Å²) in [6, 6.07) is 11.4. The topological polar surface area (TPSA) is 51.2 Å². The average molecular weight is 358 g/mol. The molecule has 0 saturated heterocycles. The van der Waals surface area contributed by atoms with Crippen LogP contribution in [0, 0.1) is 6.92 Å². The summed E-state index contributed by atoms with van der Waals surface area (Å²) >= 11 is 3.29. The molecule has 0 bridgehead atoms. The summed E-state index contributed by atoms with van der Waals surface area (Å²) in [6.07, 6.45) is 0. The molecule has 2 heterocycles. The first-order valence-electron chi connectivity index (χ1n) is 7.69. The van der Waals surface area contributed by atoms with E-state index in [0.29, 0.717) is 24.5 Å². The second kappa shape index (κ2) is 7.59. The maximum atomic E-state index is 12.5. The molecule has 0 fully saturated rings. The first-order valence-corrected chi connectivity index (χ1v) is 9.39. The molecule has 0 aliphatic rings. The number of carbonyl (C=O) groups is 1. The number of thiazole rings is 1. The Labute approximate surface area is 149 Å². The van der Waals surface area contributed by atoms with E-state index in [1.54, 1.807) is 28.7 Å². The highest BCUT2D eigenvalue weighted by atomic mass is 32.1. The highest BCUT2D eigenvalue weighted by Gasteiger charge is 2.14. The van der Waals surface area contributed by atoms with Gasteiger partial charge in [-0.1, -0.05) is 18.2 Å². The monoisotopic (exact) mass is 358 g/mol. The third kappa shape index (κ3) is 3.66. The Morgan fingerprint density at radius 3 is 2.83 bits per heavy atom. The van der Waals surface area contributed by atoms with E-state index in [1.807, 2.05) is 43.5 Å². The van der Waals surface area contributed by atoms with Crippen molar-refractivity contribution in [3.8, 4) is 15.6 Å². The molecule has 1 amide bonds. The van der Waals surface area contributed by atoms with E-state index in [2.05, 4.69) is 16.4 Å². The molecule has 6 heteroatoms. The number of aromatic nitrogens is 1. The number of nitrogens with zero attached hydrogens (tertiary/aromatic N) is 1. The number of rotatable bonds is 6. The summed E-state index contributed by atoms with van der Waals surface area (Å²) in [5, 5.41) is 6.01. The highest BCUT2D eigenvalue weighted by molar-refractivity contribution is 7.21. The van der Waals surface area contributed by atoms with E-state index >= 15 is 0 Å². The second-order valence-electron chi connectivity index (χ2n) is 5.12. The molecule has 3 rings (SSSR count). The zero-order valence-electron chi connectivity index (χ0n) is 13.5. The third-order valence-corrected chi connectivity index (χ3v) is 5.66. The molecule has 1 N–H and O–H groups in total. The lowest BCUT2D eigenvalue weighted by atomic mass is 10.2. The van der Waals surface area contributed by atoms with Crippen LogP contribution in [-0.2, 0) is 6.54 Å². The van der Waals surface area contributed by atoms with Gasteiger partial charge in [0.25, 0.3) is 5.91 Å². The van der Waals surface area contributed by atoms with Gasteiger partial charge in [-0.3, -0.25) is 4.79 Å². The molecular formula is C18H18N2O2S2. The summed E-state index contributed by atoms with van der Waals surface area (Å²) in [4.78, 5) is 19.3. The molecule has 24 heavy (non-hydrogen) atoms. The van der Waals surface area contributed by atoms with Crippen molar-refractivity contribution in [2.75, 3.05) is 6.61 Å². The molecule has 0 aliphatic carbocycles. The van der Waals surface area contributed by atoms with Crippen LogP contribution < -0.4 is 10.1 Å². The molecular weight excluding hydrogens is 340 g/mol. The fraction of sp³-hybridized carbons (Fsp3) is 0.222. The van der Waals surface area contributed by atoms with Crippen molar-refractivity contribution < 1.29 is 9.53 Å². The Bertz CT molecular complexity index is 825. The molecule has 0 saturated carbocycles. The smallest absolute Gasteiger partial charge is 0.255 e. The molecule has 4 nitrogen and oxygen atoms in total. The van der Waals surface area contributed by atoms with E-state index in [-0.39, 0.29) is 5.91 Å². The number of aryl methyl sites for hydroxylation is 1. The predicted octanol–water partition coefficient (Wildman–Crippen LogP) is 4.51. The van der Waals surface area contributed by atoms with Crippen LogP contribution in [0.5, 0.6) is 5.75 Å². The summed E-state index contributed by atoms with van der Waals surface area (Å²) in [6.45, 7) is 4.88. The van der Waals surface area contributed by atoms with E-state index in [9.17, 15) is 4.79 Å². The van der Waals surface area contributed by atoms with Gasteiger partial charge in [-0.05, 0) is 37.4 Å². The van der Waals surface area contributed by atoms with Gasteiger partial charge in [0, 0.05) is 4.88 Å². The van der Waals surface area contributed by atoms with Crippen molar-refractivity contribution in [2.24, 2.45) is 0 Å². The minimum atomic E-state index is -0.135. The Morgan fingerprint density at radius 2 is 2.08 bits per heavy atom. The average Bonchev–Trinajstić information content (AvgIpc) is 3.23. The molecule has 0 aliphatic heterocycles. The minimum Gasteiger partial charge on any atom is -0.493 e. The molecule has 2 aromatic heterocycles. The first-order chi connectivity index (χ1) is 11.7. The van der Waals surface area contributed by atoms with Gasteiger partial charge in [0.15, 0.2) is 0 Å². The van der Waals surface area contributed by atoms with Gasteiger partial charge in [-0.15, -0.1) is 22.7 Å². The Morgan fingerprint density at radius 1 is 1.25 bits per heavy atom. The summed E-state index contributed by atoms with van der Waals surface area (Å²) in [5.74, 6) is 0.474. The van der Waals surface area contributed by atoms with Crippen molar-refractivity contribution in [1.82, 2.24) is 10.3 Å². The Balaban J connectivity index is 1.71. The zero-order valence-corrected chi connectivity index (χ0v) is 15.2. The maximum absolute atomic E-state index is 12.5. The van der Waals surface area contributed by atoms with Crippen LogP contribution in [0.15, 0.2) is 41.8 Å². The van der Waals surface area contributed by atoms with Gasteiger partial charge in [0.1, 0.15) is 10.8 Å². The molecule has 0 atom stereocenters. The molecule has 1 aromatic carbocycles. The van der Waals surface area contributed by atoms with Gasteiger partial charge in [0.2, 0.25) is 0 Å². The molecule has 0 unspecified atom stereocenters. The van der Waals surface area contributed by atoms with E-state index < -0.39 is 0 Å². The molecule has 124 valence electrons. The van der Waals surface area contributed by atoms with Crippen LogP contribution in [0.25, 0.3) is 9.88 Å². The summed E-state index contributed by atoms with van der Waals surface area (Å²) < 4.78 is 5.52. The predicted molar refractivity (Wildman–Crippen MR) is 98.9 cm³/mol. The minimum absolute atomic E-state index is 0.135. The molecule has 3 aromatic rings. The number of thiophene rings is 1. The normalized spacial score (nSPS) is 10.6. The van der Waals surface area contributed by atoms with Gasteiger partial charge >= 0.3 is 0 Å². The lowest BCUT2D eigenvalue weighted by Gasteiger charge is -2.10. The number of amides is 1. The number of carbonyl (C=O) groups excluding carboxylic acids is 1. The van der Waals surface area contributed by atoms with Crippen LogP contribution in [0.2, 0.25) is 0 Å². The maximum Gasteiger partial charge on any atom is 0.255 e. The van der Waals surface area contributed by atoms with E-state index in [1.165, 1.54) is 0 Å². The van der Waals surface area contributed by atoms with Crippen LogP contribution in [0.1, 0.15) is 27.9 Å². The number of ether oxygens (including phenoxy) is 1.